The van der Waals surface area contributed by atoms with Gasteiger partial charge in [-0.15, -0.1) is 0 Å². The molecule has 0 bridgehead atoms. The Morgan fingerprint density at radius 3 is 2.63 bits per heavy atom. The fourth-order valence-electron chi connectivity index (χ4n) is 4.39. The number of rotatable bonds is 6. The van der Waals surface area contributed by atoms with Crippen molar-refractivity contribution in [1.82, 2.24) is 15.1 Å². The summed E-state index contributed by atoms with van der Waals surface area (Å²) in [6.45, 7) is 3.55. The Labute approximate surface area is 176 Å². The minimum absolute atomic E-state index is 0.0342. The van der Waals surface area contributed by atoms with E-state index in [1.807, 2.05) is 0 Å². The minimum atomic E-state index is -0.613. The van der Waals surface area contributed by atoms with Crippen LogP contribution in [0.2, 0.25) is 0 Å². The maximum Gasteiger partial charge on any atom is 0.253 e. The first-order valence-corrected chi connectivity index (χ1v) is 10.4. The highest BCUT2D eigenvalue weighted by atomic mass is 19.1. The van der Waals surface area contributed by atoms with Crippen LogP contribution < -0.4 is 5.32 Å². The van der Waals surface area contributed by atoms with Crippen molar-refractivity contribution in [3.63, 3.8) is 0 Å². The number of benzene rings is 1. The van der Waals surface area contributed by atoms with E-state index in [0.717, 1.165) is 0 Å². The number of aryl methyl sites for hydroxylation is 1. The van der Waals surface area contributed by atoms with Crippen molar-refractivity contribution < 1.29 is 23.5 Å². The molecule has 7 nitrogen and oxygen atoms in total. The van der Waals surface area contributed by atoms with Crippen molar-refractivity contribution in [2.24, 2.45) is 5.41 Å². The van der Waals surface area contributed by atoms with E-state index in [-0.39, 0.29) is 17.7 Å². The highest BCUT2D eigenvalue weighted by Crippen LogP contribution is 2.44. The first-order valence-electron chi connectivity index (χ1n) is 10.4. The Morgan fingerprint density at radius 1 is 1.30 bits per heavy atom. The van der Waals surface area contributed by atoms with Crippen LogP contribution in [0.3, 0.4) is 0 Å². The van der Waals surface area contributed by atoms with Gasteiger partial charge in [0.15, 0.2) is 0 Å². The Hall–Kier alpha value is -2.48. The number of hydrogen-bond donors (Lipinski definition) is 1. The van der Waals surface area contributed by atoms with Crippen LogP contribution in [0.4, 0.5) is 4.39 Å². The van der Waals surface area contributed by atoms with Crippen LogP contribution in [0.1, 0.15) is 41.6 Å². The average Bonchev–Trinajstić information content (AvgIpc) is 2.98. The third kappa shape index (κ3) is 4.33. The molecule has 1 atom stereocenters. The van der Waals surface area contributed by atoms with Crippen LogP contribution in [-0.2, 0) is 14.3 Å². The monoisotopic (exact) mass is 419 g/mol. The number of methoxy groups -OCH3 is 1. The number of hydrogen-bond acceptors (Lipinski definition) is 4. The average molecular weight is 419 g/mol. The highest BCUT2D eigenvalue weighted by Gasteiger charge is 2.53. The molecule has 0 aliphatic carbocycles. The molecule has 2 saturated heterocycles. The van der Waals surface area contributed by atoms with Crippen molar-refractivity contribution in [3.05, 3.63) is 35.1 Å². The molecule has 1 N–H and O–H groups in total. The van der Waals surface area contributed by atoms with Gasteiger partial charge < -0.3 is 19.9 Å². The van der Waals surface area contributed by atoms with Gasteiger partial charge in [-0.2, -0.15) is 0 Å². The van der Waals surface area contributed by atoms with Crippen molar-refractivity contribution in [1.29, 1.82) is 0 Å². The van der Waals surface area contributed by atoms with E-state index in [1.54, 1.807) is 43.0 Å². The first-order chi connectivity index (χ1) is 14.3. The van der Waals surface area contributed by atoms with Crippen LogP contribution in [0.25, 0.3) is 0 Å². The summed E-state index contributed by atoms with van der Waals surface area (Å²) in [5, 5.41) is 2.88. The maximum absolute atomic E-state index is 13.8. The number of ether oxygens (including phenoxy) is 1. The number of halogens is 1. The normalized spacial score (nSPS) is 20.7. The smallest absolute Gasteiger partial charge is 0.253 e. The predicted octanol–water partition coefficient (Wildman–Crippen LogP) is 1.74. The van der Waals surface area contributed by atoms with Gasteiger partial charge in [0.2, 0.25) is 11.8 Å². The zero-order chi connectivity index (χ0) is 21.9. The number of piperidine rings is 1. The zero-order valence-corrected chi connectivity index (χ0v) is 17.9. The Morgan fingerprint density at radius 2 is 2.00 bits per heavy atom. The van der Waals surface area contributed by atoms with Gasteiger partial charge in [0.05, 0.1) is 5.41 Å². The summed E-state index contributed by atoms with van der Waals surface area (Å²) in [4.78, 5) is 41.5. The SMILES string of the molecule is COCCCNC(=O)C1CC2(CCN(C(=O)c3ccc(C)c(F)c3)CC2)C(=O)N1C. The Kier molecular flexibility index (Phi) is 6.75. The molecule has 164 valence electrons. The van der Waals surface area contributed by atoms with Crippen molar-refractivity contribution in [2.75, 3.05) is 40.4 Å². The summed E-state index contributed by atoms with van der Waals surface area (Å²) in [6, 6.07) is 4.00. The van der Waals surface area contributed by atoms with E-state index in [1.165, 1.54) is 6.07 Å². The van der Waals surface area contributed by atoms with Crippen LogP contribution in [-0.4, -0.2) is 74.0 Å². The fourth-order valence-corrected chi connectivity index (χ4v) is 4.39. The molecule has 2 fully saturated rings. The molecule has 30 heavy (non-hydrogen) atoms. The summed E-state index contributed by atoms with van der Waals surface area (Å²) in [5.74, 6) is -0.809. The molecule has 1 aromatic rings. The molecule has 2 heterocycles. The molecule has 0 saturated carbocycles. The molecule has 1 spiro atoms. The standard InChI is InChI=1S/C22H30FN3O4/c1-15-5-6-16(13-17(15)23)20(28)26-10-7-22(8-11-26)14-18(25(2)21(22)29)19(27)24-9-4-12-30-3/h5-6,13,18H,4,7-12,14H2,1-3H3,(H,24,27). The van der Waals surface area contributed by atoms with Crippen LogP contribution >= 0.6 is 0 Å². The lowest BCUT2D eigenvalue weighted by Crippen LogP contribution is -2.46. The van der Waals surface area contributed by atoms with Gasteiger partial charge in [0.25, 0.3) is 5.91 Å². The number of carbonyl (C=O) groups is 3. The number of nitrogens with one attached hydrogen (secondary N) is 1. The second-order valence-corrected chi connectivity index (χ2v) is 8.31. The van der Waals surface area contributed by atoms with Gasteiger partial charge >= 0.3 is 0 Å². The van der Waals surface area contributed by atoms with Crippen molar-refractivity contribution in [2.45, 2.75) is 38.6 Å². The number of nitrogens with zero attached hydrogens (tertiary/aromatic N) is 2. The van der Waals surface area contributed by atoms with E-state index >= 15 is 0 Å². The van der Waals surface area contributed by atoms with Gasteiger partial charge in [0.1, 0.15) is 11.9 Å². The Balaban J connectivity index is 1.61. The second kappa shape index (κ2) is 9.12. The summed E-state index contributed by atoms with van der Waals surface area (Å²) >= 11 is 0. The fraction of sp³-hybridized carbons (Fsp3) is 0.591. The lowest BCUT2D eigenvalue weighted by atomic mass is 9.75. The summed E-state index contributed by atoms with van der Waals surface area (Å²) in [5.41, 5.74) is 0.200. The quantitative estimate of drug-likeness (QED) is 0.713. The van der Waals surface area contributed by atoms with Gasteiger partial charge in [-0.05, 0) is 50.3 Å². The molecule has 1 unspecified atom stereocenters. The predicted molar refractivity (Wildman–Crippen MR) is 109 cm³/mol. The molecular formula is C22H30FN3O4. The van der Waals surface area contributed by atoms with E-state index < -0.39 is 17.3 Å². The highest BCUT2D eigenvalue weighted by molar-refractivity contribution is 5.96. The number of amides is 3. The van der Waals surface area contributed by atoms with Gasteiger partial charge in [-0.3, -0.25) is 14.4 Å². The number of likely N-dealkylation sites (tertiary alicyclic amines) is 2. The van der Waals surface area contributed by atoms with Crippen LogP contribution in [0, 0.1) is 18.2 Å². The van der Waals surface area contributed by atoms with Gasteiger partial charge in [0, 0.05) is 46.0 Å². The molecule has 1 aromatic carbocycles. The molecule has 3 amide bonds. The van der Waals surface area contributed by atoms with E-state index in [9.17, 15) is 18.8 Å². The number of carbonyl (C=O) groups excluding carboxylic acids is 3. The van der Waals surface area contributed by atoms with Crippen LogP contribution in [0.5, 0.6) is 0 Å². The van der Waals surface area contributed by atoms with Gasteiger partial charge in [-0.25, -0.2) is 4.39 Å². The minimum Gasteiger partial charge on any atom is -0.385 e. The topological polar surface area (TPSA) is 79.0 Å². The summed E-state index contributed by atoms with van der Waals surface area (Å²) in [6.07, 6.45) is 2.18. The second-order valence-electron chi connectivity index (χ2n) is 8.31. The van der Waals surface area contributed by atoms with Crippen molar-refractivity contribution in [3.8, 4) is 0 Å². The maximum atomic E-state index is 13.8. The van der Waals surface area contributed by atoms with E-state index in [0.29, 0.717) is 63.1 Å². The molecular weight excluding hydrogens is 389 g/mol. The van der Waals surface area contributed by atoms with Crippen molar-refractivity contribution >= 4 is 17.7 Å². The molecule has 0 radical (unpaired) electrons. The largest absolute Gasteiger partial charge is 0.385 e. The van der Waals surface area contributed by atoms with Crippen LogP contribution in [0.15, 0.2) is 18.2 Å². The molecule has 2 aliphatic heterocycles. The lowest BCUT2D eigenvalue weighted by Gasteiger charge is -2.37. The third-order valence-corrected chi connectivity index (χ3v) is 6.38. The molecule has 0 aromatic heterocycles. The lowest BCUT2D eigenvalue weighted by molar-refractivity contribution is -0.139. The van der Waals surface area contributed by atoms with E-state index in [2.05, 4.69) is 5.32 Å². The zero-order valence-electron chi connectivity index (χ0n) is 17.9. The first kappa shape index (κ1) is 22.2. The molecule has 2 aliphatic rings. The van der Waals surface area contributed by atoms with E-state index in [4.69, 9.17) is 4.74 Å². The Bertz CT molecular complexity index is 821. The third-order valence-electron chi connectivity index (χ3n) is 6.38. The molecule has 8 heteroatoms. The summed E-state index contributed by atoms with van der Waals surface area (Å²) < 4.78 is 18.8. The molecule has 3 rings (SSSR count). The van der Waals surface area contributed by atoms with Gasteiger partial charge in [-0.1, -0.05) is 6.07 Å². The number of likely N-dealkylation sites (N-methyl/N-ethyl adjacent to an activating group) is 1. The summed E-state index contributed by atoms with van der Waals surface area (Å²) in [7, 11) is 3.28.